The standard InChI is InChI=1S/C16H23NO3/c1-2-15(11-6-4-3-5-7-11)17-16(20)12-8-13(18)10-14(19)9-12/h8-11,15,18-19H,2-7H2,1H3,(H,17,20). The third kappa shape index (κ3) is 3.65. The molecule has 2 rings (SSSR count). The Morgan fingerprint density at radius 3 is 2.35 bits per heavy atom. The van der Waals surface area contributed by atoms with E-state index in [1.807, 2.05) is 0 Å². The van der Waals surface area contributed by atoms with Crippen LogP contribution in [0.25, 0.3) is 0 Å². The molecule has 20 heavy (non-hydrogen) atoms. The maximum absolute atomic E-state index is 12.2. The molecule has 0 aliphatic heterocycles. The van der Waals surface area contributed by atoms with Crippen molar-refractivity contribution in [3.63, 3.8) is 0 Å². The Morgan fingerprint density at radius 2 is 1.80 bits per heavy atom. The highest BCUT2D eigenvalue weighted by Gasteiger charge is 2.24. The number of phenolic OH excluding ortho intramolecular Hbond substituents is 2. The van der Waals surface area contributed by atoms with Crippen LogP contribution in [0.2, 0.25) is 0 Å². The van der Waals surface area contributed by atoms with Gasteiger partial charge in [0.05, 0.1) is 0 Å². The number of rotatable bonds is 4. The lowest BCUT2D eigenvalue weighted by Gasteiger charge is -2.30. The summed E-state index contributed by atoms with van der Waals surface area (Å²) in [6.07, 6.45) is 7.02. The van der Waals surface area contributed by atoms with Gasteiger partial charge in [-0.15, -0.1) is 0 Å². The van der Waals surface area contributed by atoms with E-state index >= 15 is 0 Å². The van der Waals surface area contributed by atoms with Gasteiger partial charge in [0.25, 0.3) is 5.91 Å². The molecule has 1 aliphatic carbocycles. The van der Waals surface area contributed by atoms with E-state index in [-0.39, 0.29) is 23.4 Å². The Balaban J connectivity index is 2.04. The molecule has 0 radical (unpaired) electrons. The molecule has 1 amide bonds. The summed E-state index contributed by atoms with van der Waals surface area (Å²) >= 11 is 0. The molecule has 1 saturated carbocycles. The Morgan fingerprint density at radius 1 is 1.20 bits per heavy atom. The summed E-state index contributed by atoms with van der Waals surface area (Å²) in [5.41, 5.74) is 0.303. The van der Waals surface area contributed by atoms with Crippen molar-refractivity contribution in [2.75, 3.05) is 0 Å². The third-order valence-electron chi connectivity index (χ3n) is 4.14. The van der Waals surface area contributed by atoms with Gasteiger partial charge in [0.1, 0.15) is 11.5 Å². The lowest BCUT2D eigenvalue weighted by atomic mass is 9.83. The molecule has 1 aromatic rings. The molecule has 0 spiro atoms. The summed E-state index contributed by atoms with van der Waals surface area (Å²) in [5.74, 6) is 0.124. The molecule has 0 bridgehead atoms. The van der Waals surface area contributed by atoms with Gasteiger partial charge in [-0.1, -0.05) is 26.2 Å². The molecule has 1 atom stereocenters. The molecule has 4 heteroatoms. The predicted octanol–water partition coefficient (Wildman–Crippen LogP) is 3.19. The molecule has 0 saturated heterocycles. The number of benzene rings is 1. The molecular formula is C16H23NO3. The zero-order valence-electron chi connectivity index (χ0n) is 11.9. The fourth-order valence-electron chi connectivity index (χ4n) is 3.07. The lowest BCUT2D eigenvalue weighted by Crippen LogP contribution is -2.40. The lowest BCUT2D eigenvalue weighted by molar-refractivity contribution is 0.0910. The second kappa shape index (κ2) is 6.64. The van der Waals surface area contributed by atoms with Crippen molar-refractivity contribution >= 4 is 5.91 Å². The van der Waals surface area contributed by atoms with Crippen molar-refractivity contribution in [3.05, 3.63) is 23.8 Å². The van der Waals surface area contributed by atoms with Crippen molar-refractivity contribution in [3.8, 4) is 11.5 Å². The first kappa shape index (κ1) is 14.7. The van der Waals surface area contributed by atoms with Crippen molar-refractivity contribution in [1.29, 1.82) is 0 Å². The number of hydrogen-bond donors (Lipinski definition) is 3. The number of hydrogen-bond acceptors (Lipinski definition) is 3. The van der Waals surface area contributed by atoms with Gasteiger partial charge in [-0.05, 0) is 37.3 Å². The first-order valence-corrected chi connectivity index (χ1v) is 7.44. The van der Waals surface area contributed by atoms with Gasteiger partial charge in [0, 0.05) is 17.7 Å². The van der Waals surface area contributed by atoms with Crippen LogP contribution >= 0.6 is 0 Å². The van der Waals surface area contributed by atoms with Crippen molar-refractivity contribution < 1.29 is 15.0 Å². The van der Waals surface area contributed by atoms with Crippen LogP contribution in [0.15, 0.2) is 18.2 Å². The topological polar surface area (TPSA) is 69.6 Å². The third-order valence-corrected chi connectivity index (χ3v) is 4.14. The highest BCUT2D eigenvalue weighted by Crippen LogP contribution is 2.28. The molecule has 3 N–H and O–H groups in total. The van der Waals surface area contributed by atoms with E-state index < -0.39 is 0 Å². The van der Waals surface area contributed by atoms with Gasteiger partial charge in [-0.3, -0.25) is 4.79 Å². The number of carbonyl (C=O) groups is 1. The molecule has 1 aromatic carbocycles. The molecular weight excluding hydrogens is 254 g/mol. The van der Waals surface area contributed by atoms with Crippen LogP contribution in [-0.2, 0) is 0 Å². The second-order valence-corrected chi connectivity index (χ2v) is 5.62. The van der Waals surface area contributed by atoms with E-state index in [1.165, 1.54) is 50.3 Å². The van der Waals surface area contributed by atoms with E-state index in [0.29, 0.717) is 11.5 Å². The highest BCUT2D eigenvalue weighted by molar-refractivity contribution is 5.95. The minimum Gasteiger partial charge on any atom is -0.508 e. The monoisotopic (exact) mass is 277 g/mol. The smallest absolute Gasteiger partial charge is 0.251 e. The Kier molecular flexibility index (Phi) is 4.88. The van der Waals surface area contributed by atoms with Gasteiger partial charge in [0.15, 0.2) is 0 Å². The van der Waals surface area contributed by atoms with Crippen LogP contribution in [0.4, 0.5) is 0 Å². The first-order chi connectivity index (χ1) is 9.60. The molecule has 4 nitrogen and oxygen atoms in total. The van der Waals surface area contributed by atoms with Gasteiger partial charge < -0.3 is 15.5 Å². The number of amides is 1. The normalized spacial score (nSPS) is 17.6. The molecule has 1 unspecified atom stereocenters. The predicted molar refractivity (Wildman–Crippen MR) is 77.9 cm³/mol. The average molecular weight is 277 g/mol. The van der Waals surface area contributed by atoms with E-state index in [2.05, 4.69) is 12.2 Å². The van der Waals surface area contributed by atoms with Gasteiger partial charge >= 0.3 is 0 Å². The van der Waals surface area contributed by atoms with Crippen LogP contribution < -0.4 is 5.32 Å². The zero-order valence-corrected chi connectivity index (χ0v) is 11.9. The molecule has 0 aromatic heterocycles. The van der Waals surface area contributed by atoms with Crippen LogP contribution in [0, 0.1) is 5.92 Å². The average Bonchev–Trinajstić information content (AvgIpc) is 2.44. The van der Waals surface area contributed by atoms with Crippen LogP contribution in [0.1, 0.15) is 55.8 Å². The Bertz CT molecular complexity index is 447. The van der Waals surface area contributed by atoms with Gasteiger partial charge in [-0.25, -0.2) is 0 Å². The fourth-order valence-corrected chi connectivity index (χ4v) is 3.07. The summed E-state index contributed by atoms with van der Waals surface area (Å²) < 4.78 is 0. The van der Waals surface area contributed by atoms with E-state index in [1.54, 1.807) is 0 Å². The van der Waals surface area contributed by atoms with E-state index in [9.17, 15) is 15.0 Å². The Hall–Kier alpha value is -1.71. The summed E-state index contributed by atoms with van der Waals surface area (Å²) in [4.78, 5) is 12.2. The van der Waals surface area contributed by atoms with Crippen LogP contribution in [0.3, 0.4) is 0 Å². The van der Waals surface area contributed by atoms with E-state index in [4.69, 9.17) is 0 Å². The second-order valence-electron chi connectivity index (χ2n) is 5.62. The van der Waals surface area contributed by atoms with Gasteiger partial charge in [0.2, 0.25) is 0 Å². The number of aromatic hydroxyl groups is 2. The maximum atomic E-state index is 12.2. The minimum absolute atomic E-state index is 0.0964. The van der Waals surface area contributed by atoms with Crippen LogP contribution in [0.5, 0.6) is 11.5 Å². The molecule has 1 aliphatic rings. The SMILES string of the molecule is CCC(NC(=O)c1cc(O)cc(O)c1)C1CCCCC1. The fraction of sp³-hybridized carbons (Fsp3) is 0.562. The molecule has 0 heterocycles. The Labute approximate surface area is 119 Å². The number of phenols is 2. The quantitative estimate of drug-likeness (QED) is 0.791. The van der Waals surface area contributed by atoms with E-state index in [0.717, 1.165) is 6.42 Å². The van der Waals surface area contributed by atoms with Crippen molar-refractivity contribution in [1.82, 2.24) is 5.32 Å². The molecule has 110 valence electrons. The van der Waals surface area contributed by atoms with Crippen molar-refractivity contribution in [2.24, 2.45) is 5.92 Å². The first-order valence-electron chi connectivity index (χ1n) is 7.44. The highest BCUT2D eigenvalue weighted by atomic mass is 16.3. The number of nitrogens with one attached hydrogen (secondary N) is 1. The number of carbonyl (C=O) groups excluding carboxylic acids is 1. The summed E-state index contributed by atoms with van der Waals surface area (Å²) in [5, 5.41) is 21.9. The summed E-state index contributed by atoms with van der Waals surface area (Å²) in [6.45, 7) is 2.08. The molecule has 1 fully saturated rings. The minimum atomic E-state index is -0.228. The largest absolute Gasteiger partial charge is 0.508 e. The maximum Gasteiger partial charge on any atom is 0.251 e. The van der Waals surface area contributed by atoms with Crippen LogP contribution in [-0.4, -0.2) is 22.2 Å². The van der Waals surface area contributed by atoms with Gasteiger partial charge in [-0.2, -0.15) is 0 Å². The summed E-state index contributed by atoms with van der Waals surface area (Å²) in [6, 6.07) is 4.15. The zero-order chi connectivity index (χ0) is 14.5. The van der Waals surface area contributed by atoms with Crippen molar-refractivity contribution in [2.45, 2.75) is 51.5 Å². The summed E-state index contributed by atoms with van der Waals surface area (Å²) in [7, 11) is 0.